The molecule has 0 saturated heterocycles. The minimum absolute atomic E-state index is 0.379. The summed E-state index contributed by atoms with van der Waals surface area (Å²) in [6.45, 7) is 2.27. The lowest BCUT2D eigenvalue weighted by Gasteiger charge is -2.34. The Morgan fingerprint density at radius 2 is 2.00 bits per heavy atom. The highest BCUT2D eigenvalue weighted by Crippen LogP contribution is 2.38. The average Bonchev–Trinajstić information content (AvgIpc) is 2.49. The molecular weight excluding hydrogens is 148 g/mol. The molecule has 2 heteroatoms. The van der Waals surface area contributed by atoms with Crippen LogP contribution in [0.2, 0.25) is 0 Å². The van der Waals surface area contributed by atoms with Gasteiger partial charge in [-0.05, 0) is 25.0 Å². The summed E-state index contributed by atoms with van der Waals surface area (Å²) in [6.07, 6.45) is 9.93. The highest BCUT2D eigenvalue weighted by Gasteiger charge is 2.29. The van der Waals surface area contributed by atoms with E-state index in [2.05, 4.69) is 18.2 Å². The number of nitrogens with zero attached hydrogens (tertiary/aromatic N) is 2. The zero-order valence-electron chi connectivity index (χ0n) is 7.40. The predicted molar refractivity (Wildman–Crippen MR) is 50.3 cm³/mol. The molecule has 0 aromatic carbocycles. The van der Waals surface area contributed by atoms with Crippen LogP contribution in [0.25, 0.3) is 0 Å². The van der Waals surface area contributed by atoms with Gasteiger partial charge >= 0.3 is 0 Å². The van der Waals surface area contributed by atoms with E-state index in [-0.39, 0.29) is 0 Å². The second-order valence-corrected chi connectivity index (χ2v) is 3.82. The predicted octanol–water partition coefficient (Wildman–Crippen LogP) is 2.51. The first kappa shape index (κ1) is 7.59. The SMILES string of the molecule is CC1(/C=N/n2cccc2)CCC1. The fourth-order valence-electron chi connectivity index (χ4n) is 1.47. The maximum absolute atomic E-state index is 4.35. The Morgan fingerprint density at radius 1 is 1.33 bits per heavy atom. The molecule has 0 aliphatic heterocycles. The molecule has 2 nitrogen and oxygen atoms in total. The highest BCUT2D eigenvalue weighted by molar-refractivity contribution is 5.66. The van der Waals surface area contributed by atoms with Gasteiger partial charge in [-0.2, -0.15) is 5.10 Å². The zero-order valence-corrected chi connectivity index (χ0v) is 7.40. The average molecular weight is 162 g/mol. The molecule has 12 heavy (non-hydrogen) atoms. The normalized spacial score (nSPS) is 21.1. The van der Waals surface area contributed by atoms with Crippen LogP contribution in [0.3, 0.4) is 0 Å². The van der Waals surface area contributed by atoms with Crippen molar-refractivity contribution in [3.8, 4) is 0 Å². The van der Waals surface area contributed by atoms with E-state index in [1.54, 1.807) is 0 Å². The van der Waals surface area contributed by atoms with Gasteiger partial charge in [-0.1, -0.05) is 13.3 Å². The molecule has 2 rings (SSSR count). The maximum Gasteiger partial charge on any atom is 0.0312 e. The molecule has 1 aromatic rings. The van der Waals surface area contributed by atoms with Crippen LogP contribution in [-0.4, -0.2) is 10.9 Å². The van der Waals surface area contributed by atoms with Gasteiger partial charge in [0.1, 0.15) is 0 Å². The van der Waals surface area contributed by atoms with Crippen molar-refractivity contribution >= 4 is 6.21 Å². The molecule has 1 aliphatic carbocycles. The van der Waals surface area contributed by atoms with Crippen LogP contribution < -0.4 is 0 Å². The lowest BCUT2D eigenvalue weighted by atomic mass is 9.72. The summed E-state index contributed by atoms with van der Waals surface area (Å²) in [5.74, 6) is 0. The minimum Gasteiger partial charge on any atom is -0.249 e. The van der Waals surface area contributed by atoms with E-state index in [1.165, 1.54) is 19.3 Å². The number of rotatable bonds is 2. The molecule has 1 heterocycles. The Balaban J connectivity index is 2.02. The van der Waals surface area contributed by atoms with E-state index in [4.69, 9.17) is 0 Å². The largest absolute Gasteiger partial charge is 0.249 e. The van der Waals surface area contributed by atoms with Gasteiger partial charge in [-0.15, -0.1) is 0 Å². The van der Waals surface area contributed by atoms with Crippen LogP contribution in [0.15, 0.2) is 29.6 Å². The van der Waals surface area contributed by atoms with Gasteiger partial charge in [0, 0.05) is 24.0 Å². The van der Waals surface area contributed by atoms with Crippen molar-refractivity contribution in [2.75, 3.05) is 0 Å². The first-order chi connectivity index (χ1) is 5.79. The van der Waals surface area contributed by atoms with Crippen LogP contribution in [-0.2, 0) is 0 Å². The van der Waals surface area contributed by atoms with E-state index >= 15 is 0 Å². The fourth-order valence-corrected chi connectivity index (χ4v) is 1.47. The summed E-state index contributed by atoms with van der Waals surface area (Å²) < 4.78 is 1.85. The summed E-state index contributed by atoms with van der Waals surface area (Å²) in [5, 5.41) is 4.35. The summed E-state index contributed by atoms with van der Waals surface area (Å²) in [5.41, 5.74) is 0.379. The molecule has 0 unspecified atom stereocenters. The van der Waals surface area contributed by atoms with Gasteiger partial charge in [0.15, 0.2) is 0 Å². The molecule has 1 aromatic heterocycles. The minimum atomic E-state index is 0.379. The van der Waals surface area contributed by atoms with Crippen molar-refractivity contribution in [1.29, 1.82) is 0 Å². The van der Waals surface area contributed by atoms with Crippen LogP contribution in [0.1, 0.15) is 26.2 Å². The van der Waals surface area contributed by atoms with Crippen molar-refractivity contribution in [2.45, 2.75) is 26.2 Å². The molecule has 64 valence electrons. The Bertz CT molecular complexity index is 268. The Labute approximate surface area is 72.9 Å². The molecule has 0 amide bonds. The third-order valence-electron chi connectivity index (χ3n) is 2.59. The second-order valence-electron chi connectivity index (χ2n) is 3.82. The maximum atomic E-state index is 4.35. The first-order valence-corrected chi connectivity index (χ1v) is 4.47. The molecule has 1 saturated carbocycles. The van der Waals surface area contributed by atoms with E-state index in [0.717, 1.165) is 0 Å². The lowest BCUT2D eigenvalue weighted by Crippen LogP contribution is -2.27. The van der Waals surface area contributed by atoms with Crippen molar-refractivity contribution in [2.24, 2.45) is 10.5 Å². The summed E-state index contributed by atoms with van der Waals surface area (Å²) in [7, 11) is 0. The second kappa shape index (κ2) is 2.77. The number of hydrogen-bond donors (Lipinski definition) is 0. The Kier molecular flexibility index (Phi) is 1.75. The van der Waals surface area contributed by atoms with Gasteiger partial charge < -0.3 is 0 Å². The smallest absolute Gasteiger partial charge is 0.0312 e. The van der Waals surface area contributed by atoms with E-state index in [0.29, 0.717) is 5.41 Å². The summed E-state index contributed by atoms with van der Waals surface area (Å²) in [6, 6.07) is 3.97. The molecule has 0 atom stereocenters. The van der Waals surface area contributed by atoms with E-state index < -0.39 is 0 Å². The summed E-state index contributed by atoms with van der Waals surface area (Å²) >= 11 is 0. The van der Waals surface area contributed by atoms with Crippen LogP contribution in [0, 0.1) is 5.41 Å². The topological polar surface area (TPSA) is 17.3 Å². The van der Waals surface area contributed by atoms with Crippen molar-refractivity contribution in [1.82, 2.24) is 4.68 Å². The molecule has 0 N–H and O–H groups in total. The quantitative estimate of drug-likeness (QED) is 0.594. The van der Waals surface area contributed by atoms with Crippen molar-refractivity contribution < 1.29 is 0 Å². The van der Waals surface area contributed by atoms with E-state index in [1.807, 2.05) is 29.2 Å². The molecule has 1 aliphatic rings. The number of aromatic nitrogens is 1. The Morgan fingerprint density at radius 3 is 2.50 bits per heavy atom. The Hall–Kier alpha value is -1.05. The number of hydrogen-bond acceptors (Lipinski definition) is 1. The molecule has 0 radical (unpaired) electrons. The molecule has 0 bridgehead atoms. The van der Waals surface area contributed by atoms with Gasteiger partial charge in [0.25, 0.3) is 0 Å². The van der Waals surface area contributed by atoms with Gasteiger partial charge in [0.2, 0.25) is 0 Å². The van der Waals surface area contributed by atoms with Crippen LogP contribution in [0.5, 0.6) is 0 Å². The monoisotopic (exact) mass is 162 g/mol. The molecule has 0 spiro atoms. The van der Waals surface area contributed by atoms with Gasteiger partial charge in [0.05, 0.1) is 0 Å². The molecule has 1 fully saturated rings. The zero-order chi connectivity index (χ0) is 8.44. The molecular formula is C10H14N2. The van der Waals surface area contributed by atoms with Crippen molar-refractivity contribution in [3.63, 3.8) is 0 Å². The standard InChI is InChI=1S/C10H14N2/c1-10(5-4-6-10)9-11-12-7-2-3-8-12/h2-3,7-9H,4-6H2,1H3/b11-9+. The first-order valence-electron chi connectivity index (χ1n) is 4.47. The third-order valence-corrected chi connectivity index (χ3v) is 2.59. The van der Waals surface area contributed by atoms with Crippen LogP contribution in [0.4, 0.5) is 0 Å². The van der Waals surface area contributed by atoms with Crippen molar-refractivity contribution in [3.05, 3.63) is 24.5 Å². The lowest BCUT2D eigenvalue weighted by molar-refractivity contribution is 0.269. The van der Waals surface area contributed by atoms with Gasteiger partial charge in [-0.3, -0.25) is 0 Å². The fraction of sp³-hybridized carbons (Fsp3) is 0.500. The van der Waals surface area contributed by atoms with Gasteiger partial charge in [-0.25, -0.2) is 4.68 Å². The third kappa shape index (κ3) is 1.42. The van der Waals surface area contributed by atoms with E-state index in [9.17, 15) is 0 Å². The van der Waals surface area contributed by atoms with Crippen LogP contribution >= 0.6 is 0 Å². The highest BCUT2D eigenvalue weighted by atomic mass is 15.3. The summed E-state index contributed by atoms with van der Waals surface area (Å²) in [4.78, 5) is 0.